The molecule has 0 N–H and O–H groups in total. The normalized spacial score (nSPS) is 14.2. The molecule has 9 heteroatoms. The Morgan fingerprint density at radius 1 is 0.974 bits per heavy atom. The van der Waals surface area contributed by atoms with Gasteiger partial charge >= 0.3 is 0 Å². The first kappa shape index (κ1) is 29.8. The third kappa shape index (κ3) is 7.21. The highest BCUT2D eigenvalue weighted by Crippen LogP contribution is 2.28. The fraction of sp³-hybridized carbons (Fsp3) is 0.517. The largest absolute Gasteiger partial charge is 0.497 e. The van der Waals surface area contributed by atoms with Crippen LogP contribution in [-0.4, -0.2) is 81.6 Å². The van der Waals surface area contributed by atoms with E-state index in [2.05, 4.69) is 30.0 Å². The highest BCUT2D eigenvalue weighted by Gasteiger charge is 2.27. The van der Waals surface area contributed by atoms with Crippen LogP contribution >= 0.6 is 0 Å². The molecular weight excluding hydrogens is 502 g/mol. The van der Waals surface area contributed by atoms with Crippen molar-refractivity contribution in [2.24, 2.45) is 0 Å². The summed E-state index contributed by atoms with van der Waals surface area (Å²) in [5.41, 5.74) is 4.91. The fourth-order valence-corrected chi connectivity index (χ4v) is 6.60. The lowest BCUT2D eigenvalue weighted by atomic mass is 10.00. The van der Waals surface area contributed by atoms with Gasteiger partial charge < -0.3 is 14.5 Å². The van der Waals surface area contributed by atoms with E-state index in [4.69, 9.17) is 4.74 Å². The number of hydrogen-bond donors (Lipinski definition) is 0. The molecule has 0 spiro atoms. The number of rotatable bonds is 11. The lowest BCUT2D eigenvalue weighted by molar-refractivity contribution is -0.132. The van der Waals surface area contributed by atoms with E-state index in [-0.39, 0.29) is 36.0 Å². The van der Waals surface area contributed by atoms with E-state index >= 15 is 0 Å². The Hall–Kier alpha value is -2.75. The van der Waals surface area contributed by atoms with Crippen molar-refractivity contribution in [2.75, 3.05) is 47.4 Å². The van der Waals surface area contributed by atoms with Gasteiger partial charge in [-0.2, -0.15) is 4.31 Å². The minimum absolute atomic E-state index is 0.0132. The molecule has 0 saturated heterocycles. The van der Waals surface area contributed by atoms with Gasteiger partial charge in [-0.25, -0.2) is 8.42 Å². The number of carbonyl (C=O) groups is 2. The molecule has 0 aliphatic carbocycles. The SMILES string of the molecule is CCN1CCc2ccc(CN(C)C(=O)CCC(=O)CN(C)S(=O)(=O)c3c(C)cc(OC)cc3C)cc2CC1. The van der Waals surface area contributed by atoms with E-state index in [0.717, 1.165) is 42.3 Å². The van der Waals surface area contributed by atoms with Crippen LogP contribution in [0.4, 0.5) is 0 Å². The number of nitrogens with zero attached hydrogens (tertiary/aromatic N) is 3. The summed E-state index contributed by atoms with van der Waals surface area (Å²) in [5.74, 6) is 0.138. The van der Waals surface area contributed by atoms with Crippen molar-refractivity contribution >= 4 is 21.7 Å². The zero-order valence-corrected chi connectivity index (χ0v) is 24.4. The predicted octanol–water partition coefficient (Wildman–Crippen LogP) is 3.36. The van der Waals surface area contributed by atoms with Gasteiger partial charge in [-0.3, -0.25) is 9.59 Å². The molecule has 0 bridgehead atoms. The van der Waals surface area contributed by atoms with E-state index in [1.54, 1.807) is 37.9 Å². The number of likely N-dealkylation sites (N-methyl/N-ethyl adjacent to an activating group) is 2. The zero-order valence-electron chi connectivity index (χ0n) is 23.5. The second-order valence-electron chi connectivity index (χ2n) is 10.2. The summed E-state index contributed by atoms with van der Waals surface area (Å²) in [5, 5.41) is 0. The predicted molar refractivity (Wildman–Crippen MR) is 149 cm³/mol. The Morgan fingerprint density at radius 3 is 2.21 bits per heavy atom. The van der Waals surface area contributed by atoms with Crippen molar-refractivity contribution < 1.29 is 22.7 Å². The second-order valence-corrected chi connectivity index (χ2v) is 12.2. The maximum atomic E-state index is 13.2. The quantitative estimate of drug-likeness (QED) is 0.432. The number of carbonyl (C=O) groups excluding carboxylic acids is 2. The van der Waals surface area contributed by atoms with Gasteiger partial charge in [0.15, 0.2) is 0 Å². The first-order valence-corrected chi connectivity index (χ1v) is 14.6. The van der Waals surface area contributed by atoms with Crippen LogP contribution in [0.1, 0.15) is 47.6 Å². The number of sulfonamides is 1. The van der Waals surface area contributed by atoms with Crippen molar-refractivity contribution in [3.8, 4) is 5.75 Å². The number of benzene rings is 2. The number of aryl methyl sites for hydroxylation is 2. The van der Waals surface area contributed by atoms with Crippen LogP contribution in [0.3, 0.4) is 0 Å². The molecule has 0 aromatic heterocycles. The molecule has 0 fully saturated rings. The fourth-order valence-electron chi connectivity index (χ4n) is 5.04. The highest BCUT2D eigenvalue weighted by molar-refractivity contribution is 7.89. The summed E-state index contributed by atoms with van der Waals surface area (Å²) in [7, 11) is 0.785. The summed E-state index contributed by atoms with van der Waals surface area (Å²) in [4.78, 5) is 29.6. The number of hydrogen-bond acceptors (Lipinski definition) is 6. The Morgan fingerprint density at radius 2 is 1.61 bits per heavy atom. The van der Waals surface area contributed by atoms with Crippen molar-refractivity contribution in [1.82, 2.24) is 14.1 Å². The number of amides is 1. The Labute approximate surface area is 227 Å². The van der Waals surface area contributed by atoms with Crippen molar-refractivity contribution in [3.05, 3.63) is 58.1 Å². The molecule has 0 unspecified atom stereocenters. The van der Waals surface area contributed by atoms with Crippen molar-refractivity contribution in [3.63, 3.8) is 0 Å². The minimum atomic E-state index is -3.87. The standard InChI is InChI=1S/C29H41N3O5S/c1-7-32-14-12-24-9-8-23(18-25(24)13-15-32)19-30(4)28(34)11-10-26(33)20-31(5)38(35,36)29-21(2)16-27(37-6)17-22(29)3/h8-9,16-18H,7,10-15,19-20H2,1-6H3. The van der Waals surface area contributed by atoms with E-state index < -0.39 is 10.0 Å². The maximum absolute atomic E-state index is 13.2. The van der Waals surface area contributed by atoms with Gasteiger partial charge in [0.05, 0.1) is 18.6 Å². The van der Waals surface area contributed by atoms with Crippen LogP contribution in [-0.2, 0) is 39.0 Å². The van der Waals surface area contributed by atoms with Gasteiger partial charge in [-0.1, -0.05) is 25.1 Å². The minimum Gasteiger partial charge on any atom is -0.497 e. The summed E-state index contributed by atoms with van der Waals surface area (Å²) in [6, 6.07) is 9.78. The zero-order chi connectivity index (χ0) is 28.0. The first-order valence-electron chi connectivity index (χ1n) is 13.2. The molecule has 1 aliphatic rings. The molecule has 0 radical (unpaired) electrons. The number of Topliss-reactive ketones (excluding diaryl/α,β-unsaturated/α-hetero) is 1. The first-order chi connectivity index (χ1) is 18.0. The molecule has 0 atom stereocenters. The lowest BCUT2D eigenvalue weighted by Crippen LogP contribution is -2.34. The molecule has 38 heavy (non-hydrogen) atoms. The van der Waals surface area contributed by atoms with Crippen LogP contribution in [0.25, 0.3) is 0 Å². The van der Waals surface area contributed by atoms with Gasteiger partial charge in [-0.15, -0.1) is 0 Å². The van der Waals surface area contributed by atoms with Gasteiger partial charge in [0, 0.05) is 46.6 Å². The Balaban J connectivity index is 1.54. The van der Waals surface area contributed by atoms with E-state index in [0.29, 0.717) is 23.4 Å². The molecule has 0 saturated carbocycles. The van der Waals surface area contributed by atoms with Gasteiger partial charge in [0.2, 0.25) is 15.9 Å². The average Bonchev–Trinajstić information content (AvgIpc) is 3.08. The average molecular weight is 544 g/mol. The molecule has 1 heterocycles. The number of fused-ring (bicyclic) bond motifs is 1. The summed E-state index contributed by atoms with van der Waals surface area (Å²) in [6.07, 6.45) is 2.08. The number of methoxy groups -OCH3 is 1. The van der Waals surface area contributed by atoms with Crippen molar-refractivity contribution in [1.29, 1.82) is 0 Å². The third-order valence-corrected chi connectivity index (χ3v) is 9.42. The molecule has 2 aromatic rings. The van der Waals surface area contributed by atoms with E-state index in [1.165, 1.54) is 25.3 Å². The Bertz CT molecular complexity index is 1250. The molecule has 208 valence electrons. The molecule has 1 aliphatic heterocycles. The number of ketones is 1. The maximum Gasteiger partial charge on any atom is 0.243 e. The Kier molecular flexibility index (Phi) is 10.1. The van der Waals surface area contributed by atoms with Crippen LogP contribution in [0.2, 0.25) is 0 Å². The van der Waals surface area contributed by atoms with Gasteiger partial charge in [0.1, 0.15) is 11.5 Å². The smallest absolute Gasteiger partial charge is 0.243 e. The van der Waals surface area contributed by atoms with Crippen LogP contribution in [0.5, 0.6) is 5.75 Å². The molecule has 8 nitrogen and oxygen atoms in total. The van der Waals surface area contributed by atoms with Gasteiger partial charge in [0.25, 0.3) is 0 Å². The van der Waals surface area contributed by atoms with E-state index in [9.17, 15) is 18.0 Å². The monoisotopic (exact) mass is 543 g/mol. The molecule has 3 rings (SSSR count). The molecular formula is C29H41N3O5S. The molecule has 1 amide bonds. The topological polar surface area (TPSA) is 87.2 Å². The van der Waals surface area contributed by atoms with E-state index in [1.807, 2.05) is 0 Å². The van der Waals surface area contributed by atoms with Crippen molar-refractivity contribution in [2.45, 2.75) is 57.9 Å². The van der Waals surface area contributed by atoms with Crippen LogP contribution in [0.15, 0.2) is 35.2 Å². The van der Waals surface area contributed by atoms with Crippen LogP contribution in [0, 0.1) is 13.8 Å². The highest BCUT2D eigenvalue weighted by atomic mass is 32.2. The lowest BCUT2D eigenvalue weighted by Gasteiger charge is -2.21. The third-order valence-electron chi connectivity index (χ3n) is 7.31. The summed E-state index contributed by atoms with van der Waals surface area (Å²) < 4.78 is 32.6. The number of ether oxygens (including phenoxy) is 1. The summed E-state index contributed by atoms with van der Waals surface area (Å²) in [6.45, 7) is 8.96. The van der Waals surface area contributed by atoms with Crippen LogP contribution < -0.4 is 4.74 Å². The second kappa shape index (κ2) is 12.9. The molecule has 2 aromatic carbocycles. The van der Waals surface area contributed by atoms with Gasteiger partial charge in [-0.05, 0) is 73.2 Å². The summed E-state index contributed by atoms with van der Waals surface area (Å²) >= 11 is 0.